The molecule has 4 rings (SSSR count). The van der Waals surface area contributed by atoms with Gasteiger partial charge in [0.2, 0.25) is 0 Å². The van der Waals surface area contributed by atoms with Crippen LogP contribution in [0, 0.1) is 0 Å². The standard InChI is InChI=1S/C24H37N5O3S/c30-22(25-10-13-28-14-16-32-17-15-28)21-18-33-23(27-21)20-7-11-29(12-8-20)24(31)26-9-6-19-4-2-1-3-5-19/h4,18,20H,1-3,5-17H2,(H,25,30)(H,26,31). The first-order valence-electron chi connectivity index (χ1n) is 12.4. The second kappa shape index (κ2) is 12.5. The van der Waals surface area contributed by atoms with Crippen molar-refractivity contribution in [1.82, 2.24) is 25.4 Å². The zero-order valence-electron chi connectivity index (χ0n) is 19.5. The molecule has 182 valence electrons. The highest BCUT2D eigenvalue weighted by atomic mass is 32.1. The molecule has 2 fully saturated rings. The number of amides is 3. The molecule has 2 saturated heterocycles. The first-order valence-corrected chi connectivity index (χ1v) is 13.3. The number of allylic oxidation sites excluding steroid dienone is 1. The lowest BCUT2D eigenvalue weighted by Gasteiger charge is -2.31. The molecule has 1 aromatic rings. The molecule has 3 heterocycles. The molecular weight excluding hydrogens is 438 g/mol. The highest BCUT2D eigenvalue weighted by Crippen LogP contribution is 2.30. The van der Waals surface area contributed by atoms with Crippen LogP contribution in [0.2, 0.25) is 0 Å². The van der Waals surface area contributed by atoms with E-state index in [0.29, 0.717) is 18.2 Å². The van der Waals surface area contributed by atoms with Crippen LogP contribution in [0.15, 0.2) is 17.0 Å². The van der Waals surface area contributed by atoms with Gasteiger partial charge in [0, 0.05) is 57.1 Å². The fourth-order valence-corrected chi connectivity index (χ4v) is 5.70. The number of thiazole rings is 1. The summed E-state index contributed by atoms with van der Waals surface area (Å²) in [6.07, 6.45) is 10.0. The van der Waals surface area contributed by atoms with Crippen molar-refractivity contribution >= 4 is 23.3 Å². The van der Waals surface area contributed by atoms with Crippen LogP contribution in [0.25, 0.3) is 0 Å². The lowest BCUT2D eigenvalue weighted by Crippen LogP contribution is -2.44. The summed E-state index contributed by atoms with van der Waals surface area (Å²) < 4.78 is 5.35. The molecule has 0 atom stereocenters. The van der Waals surface area contributed by atoms with Crippen molar-refractivity contribution in [2.45, 2.75) is 50.9 Å². The molecule has 1 aliphatic carbocycles. The Morgan fingerprint density at radius 1 is 1.09 bits per heavy atom. The Balaban J connectivity index is 1.15. The van der Waals surface area contributed by atoms with E-state index in [0.717, 1.165) is 76.8 Å². The van der Waals surface area contributed by atoms with E-state index >= 15 is 0 Å². The van der Waals surface area contributed by atoms with Gasteiger partial charge in [-0.05, 0) is 44.9 Å². The van der Waals surface area contributed by atoms with Crippen LogP contribution in [0.3, 0.4) is 0 Å². The van der Waals surface area contributed by atoms with Crippen molar-refractivity contribution in [3.8, 4) is 0 Å². The topological polar surface area (TPSA) is 86.8 Å². The second-order valence-corrected chi connectivity index (χ2v) is 10.0. The summed E-state index contributed by atoms with van der Waals surface area (Å²) in [5.74, 6) is 0.219. The summed E-state index contributed by atoms with van der Waals surface area (Å²) in [5, 5.41) is 8.94. The normalized spacial score (nSPS) is 20.4. The molecule has 2 N–H and O–H groups in total. The van der Waals surface area contributed by atoms with Crippen molar-refractivity contribution in [3.63, 3.8) is 0 Å². The van der Waals surface area contributed by atoms with E-state index in [1.807, 2.05) is 10.3 Å². The van der Waals surface area contributed by atoms with Gasteiger partial charge in [0.05, 0.1) is 18.2 Å². The van der Waals surface area contributed by atoms with Gasteiger partial charge in [-0.25, -0.2) is 9.78 Å². The van der Waals surface area contributed by atoms with Crippen molar-refractivity contribution in [2.75, 3.05) is 59.0 Å². The Bertz CT molecular complexity index is 813. The molecule has 0 spiro atoms. The van der Waals surface area contributed by atoms with E-state index in [1.165, 1.54) is 31.3 Å². The zero-order valence-corrected chi connectivity index (χ0v) is 20.3. The van der Waals surface area contributed by atoms with Crippen LogP contribution in [0.5, 0.6) is 0 Å². The van der Waals surface area contributed by atoms with E-state index in [4.69, 9.17) is 4.74 Å². The number of nitrogens with one attached hydrogen (secondary N) is 2. The summed E-state index contributed by atoms with van der Waals surface area (Å²) in [6, 6.07) is 0.0457. The third-order valence-electron chi connectivity index (χ3n) is 6.81. The SMILES string of the molecule is O=C(NCCN1CCOCC1)c1csc(C2CCN(C(=O)NCCC3=CCCCC3)CC2)n1. The average Bonchev–Trinajstić information content (AvgIpc) is 3.36. The molecule has 0 unspecified atom stereocenters. The van der Waals surface area contributed by atoms with E-state index in [-0.39, 0.29) is 11.9 Å². The number of ether oxygens (including phenoxy) is 1. The Kier molecular flexibility index (Phi) is 9.14. The summed E-state index contributed by atoms with van der Waals surface area (Å²) in [6.45, 7) is 7.03. The number of carbonyl (C=O) groups is 2. The largest absolute Gasteiger partial charge is 0.379 e. The van der Waals surface area contributed by atoms with E-state index < -0.39 is 0 Å². The fourth-order valence-electron chi connectivity index (χ4n) is 4.73. The van der Waals surface area contributed by atoms with Gasteiger partial charge in [0.25, 0.3) is 5.91 Å². The van der Waals surface area contributed by atoms with Crippen LogP contribution >= 0.6 is 11.3 Å². The number of nitrogens with zero attached hydrogens (tertiary/aromatic N) is 3. The third kappa shape index (κ3) is 7.25. The minimum atomic E-state index is -0.101. The summed E-state index contributed by atoms with van der Waals surface area (Å²) in [7, 11) is 0. The van der Waals surface area contributed by atoms with Crippen LogP contribution in [-0.4, -0.2) is 85.7 Å². The second-order valence-electron chi connectivity index (χ2n) is 9.13. The molecule has 9 heteroatoms. The number of urea groups is 1. The van der Waals surface area contributed by atoms with Gasteiger partial charge in [-0.2, -0.15) is 0 Å². The molecule has 3 amide bonds. The monoisotopic (exact) mass is 475 g/mol. The van der Waals surface area contributed by atoms with E-state index in [1.54, 1.807) is 11.3 Å². The molecule has 8 nitrogen and oxygen atoms in total. The number of aromatic nitrogens is 1. The summed E-state index contributed by atoms with van der Waals surface area (Å²) in [4.78, 5) is 33.8. The predicted octanol–water partition coefficient (Wildman–Crippen LogP) is 2.98. The number of piperidine rings is 1. The Hall–Kier alpha value is -1.97. The lowest BCUT2D eigenvalue weighted by molar-refractivity contribution is 0.0383. The van der Waals surface area contributed by atoms with Crippen molar-refractivity contribution in [1.29, 1.82) is 0 Å². The summed E-state index contributed by atoms with van der Waals surface area (Å²) >= 11 is 1.56. The first kappa shape index (κ1) is 24.2. The molecule has 1 aromatic heterocycles. The van der Waals surface area contributed by atoms with Crippen LogP contribution in [-0.2, 0) is 4.74 Å². The van der Waals surface area contributed by atoms with Gasteiger partial charge in [-0.3, -0.25) is 9.69 Å². The van der Waals surface area contributed by atoms with Gasteiger partial charge < -0.3 is 20.3 Å². The molecule has 0 radical (unpaired) electrons. The maximum atomic E-state index is 12.5. The highest BCUT2D eigenvalue weighted by molar-refractivity contribution is 7.09. The minimum Gasteiger partial charge on any atom is -0.379 e. The molecule has 33 heavy (non-hydrogen) atoms. The van der Waals surface area contributed by atoms with Gasteiger partial charge in [0.15, 0.2) is 0 Å². The number of rotatable bonds is 8. The van der Waals surface area contributed by atoms with Crippen LogP contribution in [0.4, 0.5) is 4.79 Å². The average molecular weight is 476 g/mol. The maximum Gasteiger partial charge on any atom is 0.317 e. The van der Waals surface area contributed by atoms with E-state index in [2.05, 4.69) is 26.6 Å². The van der Waals surface area contributed by atoms with Gasteiger partial charge in [-0.1, -0.05) is 11.6 Å². The minimum absolute atomic E-state index is 0.0457. The Morgan fingerprint density at radius 3 is 2.67 bits per heavy atom. The van der Waals surface area contributed by atoms with Crippen LogP contribution < -0.4 is 10.6 Å². The fraction of sp³-hybridized carbons (Fsp3) is 0.708. The molecular formula is C24H37N5O3S. The predicted molar refractivity (Wildman–Crippen MR) is 130 cm³/mol. The molecule has 3 aliphatic rings. The number of likely N-dealkylation sites (tertiary alicyclic amines) is 1. The number of hydrogen-bond donors (Lipinski definition) is 2. The van der Waals surface area contributed by atoms with Crippen LogP contribution in [0.1, 0.15) is 66.4 Å². The molecule has 0 bridgehead atoms. The lowest BCUT2D eigenvalue weighted by atomic mass is 9.97. The molecule has 2 aliphatic heterocycles. The number of hydrogen-bond acceptors (Lipinski definition) is 6. The van der Waals surface area contributed by atoms with Gasteiger partial charge in [0.1, 0.15) is 5.69 Å². The van der Waals surface area contributed by atoms with Crippen molar-refractivity contribution in [3.05, 3.63) is 27.7 Å². The Labute approximate surface area is 200 Å². The quantitative estimate of drug-likeness (QED) is 0.565. The van der Waals surface area contributed by atoms with Crippen molar-refractivity contribution in [2.24, 2.45) is 0 Å². The molecule has 0 aromatic carbocycles. The molecule has 0 saturated carbocycles. The third-order valence-corrected chi connectivity index (χ3v) is 7.82. The first-order chi connectivity index (χ1) is 16.2. The Morgan fingerprint density at radius 2 is 1.91 bits per heavy atom. The smallest absolute Gasteiger partial charge is 0.317 e. The number of morpholine rings is 1. The summed E-state index contributed by atoms with van der Waals surface area (Å²) in [5.41, 5.74) is 2.00. The highest BCUT2D eigenvalue weighted by Gasteiger charge is 2.26. The van der Waals surface area contributed by atoms with Gasteiger partial charge in [-0.15, -0.1) is 11.3 Å². The van der Waals surface area contributed by atoms with Crippen molar-refractivity contribution < 1.29 is 14.3 Å². The maximum absolute atomic E-state index is 12.5. The number of carbonyl (C=O) groups excluding carboxylic acids is 2. The van der Waals surface area contributed by atoms with E-state index in [9.17, 15) is 9.59 Å². The zero-order chi connectivity index (χ0) is 22.9. The van der Waals surface area contributed by atoms with Gasteiger partial charge >= 0.3 is 6.03 Å².